The summed E-state index contributed by atoms with van der Waals surface area (Å²) in [7, 11) is 0. The third-order valence-corrected chi connectivity index (χ3v) is 3.09. The number of amides is 1. The molecule has 0 aliphatic heterocycles. The summed E-state index contributed by atoms with van der Waals surface area (Å²) in [5.74, 6) is 0.330. The van der Waals surface area contributed by atoms with Gasteiger partial charge < -0.3 is 15.2 Å². The zero-order valence-electron chi connectivity index (χ0n) is 12.5. The van der Waals surface area contributed by atoms with Gasteiger partial charge in [0, 0.05) is 15.6 Å². The third-order valence-electron chi connectivity index (χ3n) is 2.59. The molecule has 4 nitrogen and oxygen atoms in total. The Bertz CT molecular complexity index is 480. The summed E-state index contributed by atoms with van der Waals surface area (Å²) in [4.78, 5) is 12.0. The van der Waals surface area contributed by atoms with Crippen molar-refractivity contribution in [2.75, 3.05) is 0 Å². The molecule has 5 heteroatoms. The second kappa shape index (κ2) is 6.59. The lowest BCUT2D eigenvalue weighted by atomic mass is 10.1. The molecule has 2 unspecified atom stereocenters. The summed E-state index contributed by atoms with van der Waals surface area (Å²) in [6.07, 6.45) is -1.30. The van der Waals surface area contributed by atoms with Gasteiger partial charge in [-0.15, -0.1) is 0 Å². The van der Waals surface area contributed by atoms with Gasteiger partial charge in [0.05, 0.1) is 6.10 Å². The van der Waals surface area contributed by atoms with E-state index in [0.29, 0.717) is 11.3 Å². The predicted octanol–water partition coefficient (Wildman–Crippen LogP) is 3.18. The van der Waals surface area contributed by atoms with Crippen molar-refractivity contribution in [3.8, 4) is 5.75 Å². The summed E-state index contributed by atoms with van der Waals surface area (Å²) < 4.78 is 6.53. The number of aliphatic hydroxyl groups is 1. The summed E-state index contributed by atoms with van der Waals surface area (Å²) >= 11 is 3.35. The largest absolute Gasteiger partial charge is 0.481 e. The normalized spacial score (nSPS) is 14.6. The van der Waals surface area contributed by atoms with E-state index in [1.165, 1.54) is 0 Å². The number of nitrogens with one attached hydrogen (secondary N) is 1. The van der Waals surface area contributed by atoms with Gasteiger partial charge in [-0.2, -0.15) is 0 Å². The highest BCUT2D eigenvalue weighted by Gasteiger charge is 2.22. The Labute approximate surface area is 128 Å². The SMILES string of the molecule is CC(Oc1ccc(Br)cc1C(C)O)C(=O)NC(C)(C)C. The highest BCUT2D eigenvalue weighted by Crippen LogP contribution is 2.29. The molecule has 0 saturated heterocycles. The molecular formula is C15H22BrNO3. The summed E-state index contributed by atoms with van der Waals surface area (Å²) in [5.41, 5.74) is 0.344. The van der Waals surface area contributed by atoms with Gasteiger partial charge in [-0.05, 0) is 52.8 Å². The number of aliphatic hydroxyl groups excluding tert-OH is 1. The highest BCUT2D eigenvalue weighted by atomic mass is 79.9. The lowest BCUT2D eigenvalue weighted by molar-refractivity contribution is -0.128. The summed E-state index contributed by atoms with van der Waals surface area (Å²) in [6, 6.07) is 5.34. The van der Waals surface area contributed by atoms with Crippen LogP contribution in [0.15, 0.2) is 22.7 Å². The van der Waals surface area contributed by atoms with Crippen molar-refractivity contribution in [3.05, 3.63) is 28.2 Å². The molecule has 0 fully saturated rings. The van der Waals surface area contributed by atoms with Gasteiger partial charge in [-0.3, -0.25) is 4.79 Å². The van der Waals surface area contributed by atoms with Crippen molar-refractivity contribution in [3.63, 3.8) is 0 Å². The molecule has 0 heterocycles. The fourth-order valence-electron chi connectivity index (χ4n) is 1.67. The molecule has 0 aromatic heterocycles. The molecule has 0 radical (unpaired) electrons. The van der Waals surface area contributed by atoms with Crippen LogP contribution in [0.1, 0.15) is 46.3 Å². The molecule has 0 spiro atoms. The number of carbonyl (C=O) groups is 1. The Kier molecular flexibility index (Phi) is 5.59. The van der Waals surface area contributed by atoms with Gasteiger partial charge >= 0.3 is 0 Å². The van der Waals surface area contributed by atoms with Crippen LogP contribution in [0, 0.1) is 0 Å². The average molecular weight is 344 g/mol. The molecule has 0 aliphatic carbocycles. The molecule has 20 heavy (non-hydrogen) atoms. The molecule has 112 valence electrons. The van der Waals surface area contributed by atoms with E-state index in [0.717, 1.165) is 4.47 Å². The van der Waals surface area contributed by atoms with Crippen molar-refractivity contribution in [1.29, 1.82) is 0 Å². The molecule has 1 aromatic carbocycles. The second-order valence-corrected chi connectivity index (χ2v) is 6.77. The molecular weight excluding hydrogens is 322 g/mol. The molecule has 2 atom stereocenters. The average Bonchev–Trinajstić information content (AvgIpc) is 2.28. The zero-order chi connectivity index (χ0) is 15.5. The Morgan fingerprint density at radius 2 is 1.95 bits per heavy atom. The van der Waals surface area contributed by atoms with Gasteiger partial charge in [0.1, 0.15) is 5.75 Å². The first-order chi connectivity index (χ1) is 9.10. The lowest BCUT2D eigenvalue weighted by Crippen LogP contribution is -2.46. The first-order valence-corrected chi connectivity index (χ1v) is 7.35. The lowest BCUT2D eigenvalue weighted by Gasteiger charge is -2.24. The maximum atomic E-state index is 12.0. The first kappa shape index (κ1) is 17.0. The monoisotopic (exact) mass is 343 g/mol. The molecule has 0 aliphatic rings. The van der Waals surface area contributed by atoms with Gasteiger partial charge in [-0.25, -0.2) is 0 Å². The molecule has 1 amide bonds. The Balaban J connectivity index is 2.85. The predicted molar refractivity (Wildman–Crippen MR) is 82.8 cm³/mol. The first-order valence-electron chi connectivity index (χ1n) is 6.56. The van der Waals surface area contributed by atoms with Crippen LogP contribution in [0.2, 0.25) is 0 Å². The maximum Gasteiger partial charge on any atom is 0.261 e. The van der Waals surface area contributed by atoms with Crippen LogP contribution in [0.4, 0.5) is 0 Å². The number of hydrogen-bond donors (Lipinski definition) is 2. The summed E-state index contributed by atoms with van der Waals surface area (Å²) in [5, 5.41) is 12.6. The van der Waals surface area contributed by atoms with Crippen LogP contribution in [0.3, 0.4) is 0 Å². The Hall–Kier alpha value is -1.07. The van der Waals surface area contributed by atoms with Crippen LogP contribution in [-0.4, -0.2) is 22.7 Å². The van der Waals surface area contributed by atoms with Crippen molar-refractivity contribution >= 4 is 21.8 Å². The fraction of sp³-hybridized carbons (Fsp3) is 0.533. The van der Waals surface area contributed by atoms with E-state index in [9.17, 15) is 9.90 Å². The number of carbonyl (C=O) groups excluding carboxylic acids is 1. The van der Waals surface area contributed by atoms with Crippen LogP contribution < -0.4 is 10.1 Å². The Morgan fingerprint density at radius 3 is 2.45 bits per heavy atom. The van der Waals surface area contributed by atoms with E-state index in [1.807, 2.05) is 26.8 Å². The van der Waals surface area contributed by atoms with E-state index in [4.69, 9.17) is 4.74 Å². The smallest absolute Gasteiger partial charge is 0.261 e. The Morgan fingerprint density at radius 1 is 1.35 bits per heavy atom. The fourth-order valence-corrected chi connectivity index (χ4v) is 2.05. The highest BCUT2D eigenvalue weighted by molar-refractivity contribution is 9.10. The molecule has 0 bridgehead atoms. The van der Waals surface area contributed by atoms with Crippen molar-refractivity contribution in [1.82, 2.24) is 5.32 Å². The number of hydrogen-bond acceptors (Lipinski definition) is 3. The van der Waals surface area contributed by atoms with Crippen LogP contribution in [0.5, 0.6) is 5.75 Å². The maximum absolute atomic E-state index is 12.0. The minimum Gasteiger partial charge on any atom is -0.481 e. The van der Waals surface area contributed by atoms with E-state index in [-0.39, 0.29) is 11.4 Å². The minimum absolute atomic E-state index is 0.183. The number of ether oxygens (including phenoxy) is 1. The van der Waals surface area contributed by atoms with Crippen LogP contribution in [0.25, 0.3) is 0 Å². The van der Waals surface area contributed by atoms with Gasteiger partial charge in [-0.1, -0.05) is 15.9 Å². The quantitative estimate of drug-likeness (QED) is 0.882. The van der Waals surface area contributed by atoms with E-state index in [2.05, 4.69) is 21.2 Å². The van der Waals surface area contributed by atoms with Gasteiger partial charge in [0.2, 0.25) is 0 Å². The van der Waals surface area contributed by atoms with E-state index < -0.39 is 12.2 Å². The molecule has 2 N–H and O–H groups in total. The van der Waals surface area contributed by atoms with Gasteiger partial charge in [0.15, 0.2) is 6.10 Å². The topological polar surface area (TPSA) is 58.6 Å². The van der Waals surface area contributed by atoms with Gasteiger partial charge in [0.25, 0.3) is 5.91 Å². The van der Waals surface area contributed by atoms with E-state index in [1.54, 1.807) is 26.0 Å². The third kappa shape index (κ3) is 5.13. The molecule has 0 saturated carbocycles. The van der Waals surface area contributed by atoms with Crippen molar-refractivity contribution in [2.45, 2.75) is 52.4 Å². The molecule has 1 rings (SSSR count). The van der Waals surface area contributed by atoms with Crippen molar-refractivity contribution < 1.29 is 14.6 Å². The summed E-state index contributed by atoms with van der Waals surface area (Å²) in [6.45, 7) is 9.10. The van der Waals surface area contributed by atoms with Crippen molar-refractivity contribution in [2.24, 2.45) is 0 Å². The molecule has 1 aromatic rings. The van der Waals surface area contributed by atoms with Crippen LogP contribution >= 0.6 is 15.9 Å². The minimum atomic E-state index is -0.666. The second-order valence-electron chi connectivity index (χ2n) is 5.86. The van der Waals surface area contributed by atoms with Crippen LogP contribution in [-0.2, 0) is 4.79 Å². The standard InChI is InChI=1S/C15H22BrNO3/c1-9(18)12-8-11(16)6-7-13(12)20-10(2)14(19)17-15(3,4)5/h6-10,18H,1-5H3,(H,17,19). The van der Waals surface area contributed by atoms with E-state index >= 15 is 0 Å². The zero-order valence-corrected chi connectivity index (χ0v) is 14.1. The number of benzene rings is 1. The number of halogens is 1. The number of rotatable bonds is 4.